The molecule has 1 fully saturated rings. The van der Waals surface area contributed by atoms with Crippen molar-refractivity contribution < 1.29 is 35.1 Å². The number of nitrogens with one attached hydrogen (secondary N) is 2. The summed E-state index contributed by atoms with van der Waals surface area (Å²) in [5.74, 6) is 4.03. The number of aliphatic hydroxyl groups excluding tert-OH is 5. The van der Waals surface area contributed by atoms with Crippen molar-refractivity contribution in [2.24, 2.45) is 0 Å². The van der Waals surface area contributed by atoms with Crippen molar-refractivity contribution in [1.82, 2.24) is 15.3 Å². The quantitative estimate of drug-likeness (QED) is 0.277. The van der Waals surface area contributed by atoms with Gasteiger partial charge < -0.3 is 40.6 Å². The van der Waals surface area contributed by atoms with E-state index in [0.29, 0.717) is 0 Å². The zero-order valence-corrected chi connectivity index (χ0v) is 11.9. The van der Waals surface area contributed by atoms with Crippen molar-refractivity contribution >= 4 is 5.91 Å². The zero-order valence-electron chi connectivity index (χ0n) is 11.9. The van der Waals surface area contributed by atoms with Gasteiger partial charge in [-0.1, -0.05) is 5.92 Å². The van der Waals surface area contributed by atoms with Gasteiger partial charge in [-0.15, -0.1) is 0 Å². The van der Waals surface area contributed by atoms with Gasteiger partial charge in [0.1, 0.15) is 30.1 Å². The summed E-state index contributed by atoms with van der Waals surface area (Å²) in [4.78, 5) is 18.5. The molecule has 0 aromatic carbocycles. The summed E-state index contributed by atoms with van der Waals surface area (Å²) in [6.45, 7) is -1.06. The van der Waals surface area contributed by atoms with Crippen LogP contribution in [0.1, 0.15) is 16.2 Å². The summed E-state index contributed by atoms with van der Waals surface area (Å²) in [6.07, 6.45) is -5.00. The Morgan fingerprint density at radius 3 is 2.78 bits per heavy atom. The van der Waals surface area contributed by atoms with Crippen LogP contribution in [0, 0.1) is 11.8 Å². The summed E-state index contributed by atoms with van der Waals surface area (Å²) in [5, 5.41) is 48.6. The molecule has 1 aliphatic heterocycles. The number of rotatable bonds is 4. The van der Waals surface area contributed by atoms with E-state index >= 15 is 0 Å². The Balaban J connectivity index is 2.07. The highest BCUT2D eigenvalue weighted by atomic mass is 16.6. The standard InChI is InChI=1S/C13H17N3O7/c17-3-6(19)1-2-7-9(15-5-14-7)12(22)16-13-11(21)10(20)8(4-18)23-13/h5-6,8,10-11,13,17-21H,3-4H2,(H,14,15)(H,16,22)/t6?,8-,10-,11-,13-/m1/s1. The molecule has 1 unspecified atom stereocenters. The molecule has 23 heavy (non-hydrogen) atoms. The minimum atomic E-state index is -1.40. The molecule has 0 bridgehead atoms. The van der Waals surface area contributed by atoms with E-state index in [0.717, 1.165) is 0 Å². The maximum absolute atomic E-state index is 12.1. The molecule has 7 N–H and O–H groups in total. The van der Waals surface area contributed by atoms with Gasteiger partial charge in [0.25, 0.3) is 5.91 Å². The molecule has 1 aromatic heterocycles. The molecule has 10 nitrogen and oxygen atoms in total. The largest absolute Gasteiger partial charge is 0.394 e. The third-order valence-electron chi connectivity index (χ3n) is 3.21. The molecule has 0 spiro atoms. The van der Waals surface area contributed by atoms with Gasteiger partial charge in [-0.3, -0.25) is 4.79 Å². The Morgan fingerprint density at radius 2 is 2.17 bits per heavy atom. The van der Waals surface area contributed by atoms with Crippen LogP contribution in [0.25, 0.3) is 0 Å². The molecule has 5 atom stereocenters. The predicted molar refractivity (Wildman–Crippen MR) is 73.8 cm³/mol. The lowest BCUT2D eigenvalue weighted by molar-refractivity contribution is -0.0305. The van der Waals surface area contributed by atoms with Crippen LogP contribution in [-0.4, -0.2) is 85.3 Å². The van der Waals surface area contributed by atoms with E-state index in [-0.39, 0.29) is 11.4 Å². The number of hydrogen-bond donors (Lipinski definition) is 7. The number of nitrogens with zero attached hydrogens (tertiary/aromatic N) is 1. The molecule has 1 aliphatic rings. The number of H-pyrrole nitrogens is 1. The van der Waals surface area contributed by atoms with Gasteiger partial charge in [0.05, 0.1) is 19.5 Å². The average Bonchev–Trinajstić information content (AvgIpc) is 3.12. The van der Waals surface area contributed by atoms with Gasteiger partial charge in [-0.05, 0) is 5.92 Å². The van der Waals surface area contributed by atoms with Crippen molar-refractivity contribution in [2.45, 2.75) is 30.6 Å². The summed E-state index contributed by atoms with van der Waals surface area (Å²) >= 11 is 0. The Hall–Kier alpha value is -2.00. The molecule has 126 valence electrons. The van der Waals surface area contributed by atoms with Crippen LogP contribution >= 0.6 is 0 Å². The van der Waals surface area contributed by atoms with Crippen LogP contribution in [0.2, 0.25) is 0 Å². The van der Waals surface area contributed by atoms with Crippen molar-refractivity contribution in [3.63, 3.8) is 0 Å². The van der Waals surface area contributed by atoms with Gasteiger partial charge in [-0.25, -0.2) is 4.98 Å². The fourth-order valence-corrected chi connectivity index (χ4v) is 1.98. The SMILES string of the molecule is O=C(N[C@@H]1O[C@H](CO)[C@@H](O)[C@H]1O)c1nc[nH]c1C#CC(O)CO. The van der Waals surface area contributed by atoms with E-state index in [4.69, 9.17) is 14.9 Å². The number of aliphatic hydroxyl groups is 5. The third-order valence-corrected chi connectivity index (χ3v) is 3.21. The Bertz CT molecular complexity index is 608. The maximum atomic E-state index is 12.1. The topological polar surface area (TPSA) is 168 Å². The zero-order chi connectivity index (χ0) is 17.0. The highest BCUT2D eigenvalue weighted by Gasteiger charge is 2.43. The molecule has 0 aliphatic carbocycles. The highest BCUT2D eigenvalue weighted by molar-refractivity contribution is 5.94. The predicted octanol–water partition coefficient (Wildman–Crippen LogP) is -3.72. The Morgan fingerprint density at radius 1 is 1.43 bits per heavy atom. The number of aromatic amines is 1. The lowest BCUT2D eigenvalue weighted by Crippen LogP contribution is -2.44. The van der Waals surface area contributed by atoms with Crippen molar-refractivity contribution in [3.8, 4) is 11.8 Å². The lowest BCUT2D eigenvalue weighted by atomic mass is 10.1. The number of imidazole rings is 1. The second-order valence-electron chi connectivity index (χ2n) is 4.83. The smallest absolute Gasteiger partial charge is 0.274 e. The number of carbonyl (C=O) groups excluding carboxylic acids is 1. The van der Waals surface area contributed by atoms with Gasteiger partial charge in [0.15, 0.2) is 11.9 Å². The van der Waals surface area contributed by atoms with Crippen molar-refractivity contribution in [1.29, 1.82) is 0 Å². The second-order valence-corrected chi connectivity index (χ2v) is 4.83. The molecule has 10 heteroatoms. The van der Waals surface area contributed by atoms with Gasteiger partial charge in [-0.2, -0.15) is 0 Å². The molecular formula is C13H17N3O7. The van der Waals surface area contributed by atoms with E-state index in [9.17, 15) is 20.1 Å². The Labute approximate surface area is 130 Å². The molecule has 0 saturated carbocycles. The number of amides is 1. The number of aromatic nitrogens is 2. The Kier molecular flexibility index (Phi) is 5.67. The van der Waals surface area contributed by atoms with Crippen molar-refractivity contribution in [2.75, 3.05) is 13.2 Å². The highest BCUT2D eigenvalue weighted by Crippen LogP contribution is 2.19. The van der Waals surface area contributed by atoms with E-state index in [1.807, 2.05) is 0 Å². The van der Waals surface area contributed by atoms with Crippen LogP contribution in [0.4, 0.5) is 0 Å². The van der Waals surface area contributed by atoms with E-state index in [2.05, 4.69) is 27.1 Å². The number of carbonyl (C=O) groups is 1. The molecular weight excluding hydrogens is 310 g/mol. The first-order valence-electron chi connectivity index (χ1n) is 6.75. The van der Waals surface area contributed by atoms with Crippen molar-refractivity contribution in [3.05, 3.63) is 17.7 Å². The minimum absolute atomic E-state index is 0.0988. The molecule has 1 aromatic rings. The van der Waals surface area contributed by atoms with E-state index in [1.54, 1.807) is 0 Å². The molecule has 1 amide bonds. The molecule has 1 saturated heterocycles. The summed E-state index contributed by atoms with van der Waals surface area (Å²) in [6, 6.07) is 0. The summed E-state index contributed by atoms with van der Waals surface area (Å²) in [7, 11) is 0. The summed E-state index contributed by atoms with van der Waals surface area (Å²) in [5.41, 5.74) is -0.0119. The lowest BCUT2D eigenvalue weighted by Gasteiger charge is -2.15. The summed E-state index contributed by atoms with van der Waals surface area (Å²) < 4.78 is 5.13. The number of hydrogen-bond acceptors (Lipinski definition) is 8. The van der Waals surface area contributed by atoms with E-state index < -0.39 is 49.8 Å². The maximum Gasteiger partial charge on any atom is 0.274 e. The molecule has 2 heterocycles. The minimum Gasteiger partial charge on any atom is -0.394 e. The van der Waals surface area contributed by atoms with Crippen LogP contribution < -0.4 is 5.32 Å². The monoisotopic (exact) mass is 327 g/mol. The van der Waals surface area contributed by atoms with Crippen LogP contribution in [-0.2, 0) is 4.74 Å². The average molecular weight is 327 g/mol. The fourth-order valence-electron chi connectivity index (χ4n) is 1.98. The van der Waals surface area contributed by atoms with Gasteiger partial charge >= 0.3 is 0 Å². The van der Waals surface area contributed by atoms with Crippen LogP contribution in [0.3, 0.4) is 0 Å². The first-order chi connectivity index (χ1) is 11.0. The third kappa shape index (κ3) is 3.85. The first-order valence-corrected chi connectivity index (χ1v) is 6.75. The normalized spacial score (nSPS) is 28.0. The molecule has 2 rings (SSSR count). The second kappa shape index (κ2) is 7.51. The molecule has 0 radical (unpaired) electrons. The first kappa shape index (κ1) is 17.4. The van der Waals surface area contributed by atoms with Crippen LogP contribution in [0.5, 0.6) is 0 Å². The number of ether oxygens (including phenoxy) is 1. The van der Waals surface area contributed by atoms with Gasteiger partial charge in [0, 0.05) is 0 Å². The van der Waals surface area contributed by atoms with E-state index in [1.165, 1.54) is 6.33 Å². The van der Waals surface area contributed by atoms with Crippen LogP contribution in [0.15, 0.2) is 6.33 Å². The fraction of sp³-hybridized carbons (Fsp3) is 0.538. The van der Waals surface area contributed by atoms with Gasteiger partial charge in [0.2, 0.25) is 0 Å².